The number of hydrogen-bond donors (Lipinski definition) is 1. The predicted octanol–water partition coefficient (Wildman–Crippen LogP) is 1.34. The zero-order valence-electron chi connectivity index (χ0n) is 9.60. The Labute approximate surface area is 97.1 Å². The van der Waals surface area contributed by atoms with Gasteiger partial charge in [-0.3, -0.25) is 0 Å². The van der Waals surface area contributed by atoms with Crippen LogP contribution in [-0.4, -0.2) is 36.6 Å². The minimum absolute atomic E-state index is 0.0216. The van der Waals surface area contributed by atoms with E-state index >= 15 is 0 Å². The smallest absolute Gasteiger partial charge is 0.107 e. The minimum Gasteiger partial charge on any atom is -0.394 e. The van der Waals surface area contributed by atoms with Gasteiger partial charge < -0.3 is 14.6 Å². The highest BCUT2D eigenvalue weighted by atomic mass is 16.6. The van der Waals surface area contributed by atoms with Crippen LogP contribution in [0.1, 0.15) is 32.1 Å². The van der Waals surface area contributed by atoms with E-state index in [0.29, 0.717) is 12.5 Å². The van der Waals surface area contributed by atoms with Gasteiger partial charge in [-0.1, -0.05) is 18.8 Å². The predicted molar refractivity (Wildman–Crippen MR) is 60.9 cm³/mol. The van der Waals surface area contributed by atoms with Crippen LogP contribution in [0.15, 0.2) is 0 Å². The summed E-state index contributed by atoms with van der Waals surface area (Å²) >= 11 is 0. The highest BCUT2D eigenvalue weighted by Crippen LogP contribution is 2.36. The molecule has 3 nitrogen and oxygen atoms in total. The second-order valence-electron chi connectivity index (χ2n) is 4.73. The fourth-order valence-electron chi connectivity index (χ4n) is 2.87. The van der Waals surface area contributed by atoms with Crippen LogP contribution >= 0.6 is 0 Å². The molecular weight excluding hydrogens is 204 g/mol. The van der Waals surface area contributed by atoms with E-state index in [1.54, 1.807) is 0 Å². The summed E-state index contributed by atoms with van der Waals surface area (Å²) in [5.41, 5.74) is 0. The molecule has 2 aliphatic rings. The molecule has 3 atom stereocenters. The van der Waals surface area contributed by atoms with Gasteiger partial charge in [0.15, 0.2) is 0 Å². The van der Waals surface area contributed by atoms with Crippen LogP contribution in [0.2, 0.25) is 0 Å². The molecule has 0 aromatic heterocycles. The summed E-state index contributed by atoms with van der Waals surface area (Å²) in [5, 5.41) is 9.24. The molecule has 2 fully saturated rings. The average molecular weight is 224 g/mol. The van der Waals surface area contributed by atoms with Gasteiger partial charge in [0, 0.05) is 6.42 Å². The Hall–Kier alpha value is -0.560. The maximum Gasteiger partial charge on any atom is 0.107 e. The number of rotatable bonds is 4. The Balaban J connectivity index is 1.87. The summed E-state index contributed by atoms with van der Waals surface area (Å²) in [6.45, 7) is 0.334. The van der Waals surface area contributed by atoms with Crippen molar-refractivity contribution >= 4 is 0 Å². The maximum atomic E-state index is 9.24. The lowest BCUT2D eigenvalue weighted by Crippen LogP contribution is -2.28. The van der Waals surface area contributed by atoms with Gasteiger partial charge in [-0.05, 0) is 18.8 Å². The van der Waals surface area contributed by atoms with E-state index < -0.39 is 0 Å². The summed E-state index contributed by atoms with van der Waals surface area (Å²) in [6, 6.07) is 0. The third-order valence-corrected chi connectivity index (χ3v) is 3.72. The van der Waals surface area contributed by atoms with Crippen molar-refractivity contribution in [3.8, 4) is 12.3 Å². The molecule has 0 amide bonds. The quantitative estimate of drug-likeness (QED) is 0.732. The second-order valence-corrected chi connectivity index (χ2v) is 4.73. The maximum absolute atomic E-state index is 9.24. The summed E-state index contributed by atoms with van der Waals surface area (Å²) in [5.74, 6) is 3.12. The third kappa shape index (κ3) is 2.57. The van der Waals surface area contributed by atoms with E-state index in [2.05, 4.69) is 5.92 Å². The van der Waals surface area contributed by atoms with E-state index in [4.69, 9.17) is 15.9 Å². The standard InChI is InChI=1S/C13H20O3/c1-2-7-15-12-8-11(16-13(12)9-14)10-5-3-4-6-10/h1,10-14H,3-9H2/t11-,12?,13-/m1/s1. The van der Waals surface area contributed by atoms with Gasteiger partial charge in [0.05, 0.1) is 18.8 Å². The summed E-state index contributed by atoms with van der Waals surface area (Å²) in [7, 11) is 0. The van der Waals surface area contributed by atoms with E-state index in [1.807, 2.05) is 0 Å². The minimum atomic E-state index is -0.182. The molecule has 2 rings (SSSR count). The van der Waals surface area contributed by atoms with Crippen molar-refractivity contribution in [1.29, 1.82) is 0 Å². The summed E-state index contributed by atoms with van der Waals surface area (Å²) in [6.07, 6.45) is 11.3. The van der Waals surface area contributed by atoms with Gasteiger partial charge in [-0.2, -0.15) is 0 Å². The largest absolute Gasteiger partial charge is 0.394 e. The molecule has 16 heavy (non-hydrogen) atoms. The van der Waals surface area contributed by atoms with Crippen molar-refractivity contribution in [2.45, 2.75) is 50.4 Å². The molecule has 90 valence electrons. The Kier molecular flexibility index (Phi) is 4.22. The molecule has 1 N–H and O–H groups in total. The van der Waals surface area contributed by atoms with Crippen molar-refractivity contribution in [2.75, 3.05) is 13.2 Å². The van der Waals surface area contributed by atoms with Crippen LogP contribution in [0.4, 0.5) is 0 Å². The van der Waals surface area contributed by atoms with Gasteiger partial charge in [0.2, 0.25) is 0 Å². The molecule has 3 heteroatoms. The lowest BCUT2D eigenvalue weighted by Gasteiger charge is -2.17. The number of aliphatic hydroxyl groups excluding tert-OH is 1. The third-order valence-electron chi connectivity index (χ3n) is 3.72. The summed E-state index contributed by atoms with van der Waals surface area (Å²) < 4.78 is 11.4. The zero-order valence-corrected chi connectivity index (χ0v) is 9.60. The van der Waals surface area contributed by atoms with Crippen molar-refractivity contribution in [2.24, 2.45) is 5.92 Å². The Morgan fingerprint density at radius 2 is 2.12 bits per heavy atom. The zero-order chi connectivity index (χ0) is 11.4. The molecule has 0 aromatic carbocycles. The number of hydrogen-bond acceptors (Lipinski definition) is 3. The Bertz CT molecular complexity index is 252. The lowest BCUT2D eigenvalue weighted by molar-refractivity contribution is -0.0506. The Morgan fingerprint density at radius 3 is 2.75 bits per heavy atom. The van der Waals surface area contributed by atoms with Crippen LogP contribution in [-0.2, 0) is 9.47 Å². The van der Waals surface area contributed by atoms with Gasteiger partial charge >= 0.3 is 0 Å². The van der Waals surface area contributed by atoms with Crippen LogP contribution in [0.25, 0.3) is 0 Å². The van der Waals surface area contributed by atoms with Gasteiger partial charge in [0.25, 0.3) is 0 Å². The SMILES string of the molecule is C#CCOC1C[C@H](C2CCCC2)O[C@@H]1CO. The molecule has 1 saturated carbocycles. The molecule has 0 bridgehead atoms. The molecule has 1 aliphatic heterocycles. The number of aliphatic hydroxyl groups is 1. The molecule has 0 aromatic rings. The van der Waals surface area contributed by atoms with Crippen LogP contribution in [0.5, 0.6) is 0 Å². The highest BCUT2D eigenvalue weighted by molar-refractivity contribution is 4.90. The van der Waals surface area contributed by atoms with Crippen molar-refractivity contribution < 1.29 is 14.6 Å². The Morgan fingerprint density at radius 1 is 1.38 bits per heavy atom. The first-order valence-corrected chi connectivity index (χ1v) is 6.16. The first-order chi connectivity index (χ1) is 7.85. The molecule has 0 radical (unpaired) electrons. The van der Waals surface area contributed by atoms with E-state index in [0.717, 1.165) is 6.42 Å². The first kappa shape index (κ1) is 11.9. The van der Waals surface area contributed by atoms with Gasteiger partial charge in [0.1, 0.15) is 12.7 Å². The first-order valence-electron chi connectivity index (χ1n) is 6.16. The number of ether oxygens (including phenoxy) is 2. The summed E-state index contributed by atoms with van der Waals surface area (Å²) in [4.78, 5) is 0. The highest BCUT2D eigenvalue weighted by Gasteiger charge is 2.39. The topological polar surface area (TPSA) is 38.7 Å². The molecule has 1 unspecified atom stereocenters. The van der Waals surface area contributed by atoms with Crippen LogP contribution < -0.4 is 0 Å². The molecule has 1 aliphatic carbocycles. The molecule has 0 spiro atoms. The van der Waals surface area contributed by atoms with E-state index in [9.17, 15) is 5.11 Å². The number of terminal acetylenes is 1. The van der Waals surface area contributed by atoms with Crippen LogP contribution in [0, 0.1) is 18.3 Å². The monoisotopic (exact) mass is 224 g/mol. The normalized spacial score (nSPS) is 35.4. The molecule has 1 heterocycles. The fraction of sp³-hybridized carbons (Fsp3) is 0.846. The van der Waals surface area contributed by atoms with Crippen molar-refractivity contribution in [3.63, 3.8) is 0 Å². The van der Waals surface area contributed by atoms with Gasteiger partial charge in [-0.15, -0.1) is 6.42 Å². The fourth-order valence-corrected chi connectivity index (χ4v) is 2.87. The van der Waals surface area contributed by atoms with Crippen LogP contribution in [0.3, 0.4) is 0 Å². The van der Waals surface area contributed by atoms with Gasteiger partial charge in [-0.25, -0.2) is 0 Å². The second kappa shape index (κ2) is 5.67. The lowest BCUT2D eigenvalue weighted by atomic mass is 9.97. The molecule has 1 saturated heterocycles. The average Bonchev–Trinajstić information content (AvgIpc) is 2.94. The van der Waals surface area contributed by atoms with E-state index in [1.165, 1.54) is 25.7 Å². The van der Waals surface area contributed by atoms with Crippen molar-refractivity contribution in [1.82, 2.24) is 0 Å². The molecular formula is C13H20O3. The van der Waals surface area contributed by atoms with Crippen molar-refractivity contribution in [3.05, 3.63) is 0 Å². The van der Waals surface area contributed by atoms with E-state index in [-0.39, 0.29) is 24.9 Å².